The standard InChI is InChI=1S/C45H27N5/c46-26-27-10-7-13-30(22-27)44-32-16-9-21-47-36(32)17-8-20-41(48-44)49-39-24-29-12-2-1-11-28(29)23-35(39)42-40(49)25-34-31-14-3-5-18-37(31)50-38-19-6-4-15-33(38)43(42)45(34)50/h1-7,9-16,18-25H,8,17H2/b41-20+,48-44?. The van der Waals surface area contributed by atoms with E-state index in [1.807, 2.05) is 36.5 Å². The summed E-state index contributed by atoms with van der Waals surface area (Å²) in [6.07, 6.45) is 5.70. The summed E-state index contributed by atoms with van der Waals surface area (Å²) in [4.78, 5) is 10.4. The molecule has 50 heavy (non-hydrogen) atoms. The molecule has 0 atom stereocenters. The highest BCUT2D eigenvalue weighted by atomic mass is 15.1. The molecule has 0 aliphatic carbocycles. The first-order valence-electron chi connectivity index (χ1n) is 17.0. The van der Waals surface area contributed by atoms with E-state index < -0.39 is 0 Å². The van der Waals surface area contributed by atoms with Gasteiger partial charge in [-0.3, -0.25) is 9.55 Å². The lowest BCUT2D eigenvalue weighted by Crippen LogP contribution is -2.12. The van der Waals surface area contributed by atoms with E-state index in [1.54, 1.807) is 0 Å². The summed E-state index contributed by atoms with van der Waals surface area (Å²) < 4.78 is 4.84. The van der Waals surface area contributed by atoms with Crippen LogP contribution in [0.25, 0.3) is 76.5 Å². The van der Waals surface area contributed by atoms with Gasteiger partial charge in [-0.2, -0.15) is 5.26 Å². The Morgan fingerprint density at radius 3 is 2.26 bits per heavy atom. The number of allylic oxidation sites excluding steroid dienone is 1. The Kier molecular flexibility index (Phi) is 5.51. The Labute approximate surface area is 286 Å². The number of rotatable bonds is 2. The molecule has 11 rings (SSSR count). The molecule has 1 aliphatic rings. The SMILES string of the molecule is N#Cc1cccc(C2=N/C(n3c4cc5ccccc5cc4c4c5c6ccccc6n6c7ccccc7c(cc43)c56)=C\CCc3ncccc32)c1. The van der Waals surface area contributed by atoms with Gasteiger partial charge in [0.25, 0.3) is 0 Å². The van der Waals surface area contributed by atoms with E-state index in [9.17, 15) is 5.26 Å². The second-order valence-corrected chi connectivity index (χ2v) is 13.2. The summed E-state index contributed by atoms with van der Waals surface area (Å²) in [7, 11) is 0. The van der Waals surface area contributed by atoms with Crippen molar-refractivity contribution in [1.82, 2.24) is 14.0 Å². The largest absolute Gasteiger partial charge is 0.308 e. The first-order valence-corrected chi connectivity index (χ1v) is 17.0. The monoisotopic (exact) mass is 637 g/mol. The van der Waals surface area contributed by atoms with E-state index in [0.717, 1.165) is 52.2 Å². The maximum absolute atomic E-state index is 9.83. The first kappa shape index (κ1) is 27.2. The molecule has 232 valence electrons. The zero-order chi connectivity index (χ0) is 32.9. The van der Waals surface area contributed by atoms with Gasteiger partial charge in [0.1, 0.15) is 5.82 Å². The quantitative estimate of drug-likeness (QED) is 0.189. The number of para-hydroxylation sites is 2. The molecule has 4 aromatic heterocycles. The number of fused-ring (bicyclic) bond motifs is 12. The maximum Gasteiger partial charge on any atom is 0.134 e. The minimum atomic E-state index is 0.604. The lowest BCUT2D eigenvalue weighted by atomic mass is 9.96. The molecule has 6 aromatic carbocycles. The van der Waals surface area contributed by atoms with Crippen LogP contribution >= 0.6 is 0 Å². The Hall–Kier alpha value is -6.77. The highest BCUT2D eigenvalue weighted by Crippen LogP contribution is 2.47. The van der Waals surface area contributed by atoms with E-state index in [-0.39, 0.29) is 0 Å². The molecule has 1 aliphatic heterocycles. The van der Waals surface area contributed by atoms with Crippen LogP contribution in [0.3, 0.4) is 0 Å². The normalized spacial score (nSPS) is 14.7. The highest BCUT2D eigenvalue weighted by molar-refractivity contribution is 6.36. The van der Waals surface area contributed by atoms with Gasteiger partial charge in [-0.25, -0.2) is 4.99 Å². The first-order chi connectivity index (χ1) is 24.8. The van der Waals surface area contributed by atoms with Crippen molar-refractivity contribution < 1.29 is 0 Å². The number of aliphatic imine (C=N–C) groups is 1. The number of pyridine rings is 1. The van der Waals surface area contributed by atoms with Crippen LogP contribution in [-0.2, 0) is 6.42 Å². The number of hydrogen-bond acceptors (Lipinski definition) is 3. The number of benzene rings is 6. The lowest BCUT2D eigenvalue weighted by molar-refractivity contribution is 0.927. The van der Waals surface area contributed by atoms with Gasteiger partial charge in [-0.1, -0.05) is 72.8 Å². The molecule has 0 N–H and O–H groups in total. The van der Waals surface area contributed by atoms with Crippen molar-refractivity contribution in [2.24, 2.45) is 4.99 Å². The van der Waals surface area contributed by atoms with Crippen LogP contribution < -0.4 is 0 Å². The molecule has 5 heterocycles. The van der Waals surface area contributed by atoms with E-state index in [4.69, 9.17) is 9.98 Å². The van der Waals surface area contributed by atoms with Crippen LogP contribution in [0, 0.1) is 11.3 Å². The third-order valence-electron chi connectivity index (χ3n) is 10.5. The third kappa shape index (κ3) is 3.65. The Morgan fingerprint density at radius 2 is 1.40 bits per heavy atom. The van der Waals surface area contributed by atoms with Gasteiger partial charge in [0.15, 0.2) is 0 Å². The second-order valence-electron chi connectivity index (χ2n) is 13.2. The average molecular weight is 638 g/mol. The minimum Gasteiger partial charge on any atom is -0.308 e. The number of nitrogens with zero attached hydrogens (tertiary/aromatic N) is 5. The van der Waals surface area contributed by atoms with Gasteiger partial charge >= 0.3 is 0 Å². The zero-order valence-corrected chi connectivity index (χ0v) is 26.9. The fourth-order valence-electron chi connectivity index (χ4n) is 8.45. The Morgan fingerprint density at radius 1 is 0.620 bits per heavy atom. The van der Waals surface area contributed by atoms with Gasteiger partial charge in [0.05, 0.1) is 50.6 Å². The molecule has 0 bridgehead atoms. The molecule has 0 amide bonds. The van der Waals surface area contributed by atoms with Crippen LogP contribution in [-0.4, -0.2) is 19.7 Å². The Bertz CT molecular complexity index is 3160. The van der Waals surface area contributed by atoms with Crippen molar-refractivity contribution in [3.63, 3.8) is 0 Å². The van der Waals surface area contributed by atoms with E-state index in [0.29, 0.717) is 5.56 Å². The van der Waals surface area contributed by atoms with Crippen LogP contribution in [0.5, 0.6) is 0 Å². The lowest BCUT2D eigenvalue weighted by Gasteiger charge is -2.17. The van der Waals surface area contributed by atoms with Crippen LogP contribution in [0.2, 0.25) is 0 Å². The van der Waals surface area contributed by atoms with Crippen LogP contribution in [0.4, 0.5) is 0 Å². The highest BCUT2D eigenvalue weighted by Gasteiger charge is 2.26. The van der Waals surface area contributed by atoms with Gasteiger partial charge in [0.2, 0.25) is 0 Å². The zero-order valence-electron chi connectivity index (χ0n) is 26.9. The molecular weight excluding hydrogens is 611 g/mol. The summed E-state index contributed by atoms with van der Waals surface area (Å²) in [5.41, 5.74) is 10.3. The minimum absolute atomic E-state index is 0.604. The van der Waals surface area contributed by atoms with Crippen LogP contribution in [0.1, 0.15) is 28.8 Å². The molecule has 10 aromatic rings. The summed E-state index contributed by atoms with van der Waals surface area (Å²) in [6, 6.07) is 47.5. The molecule has 5 heteroatoms. The molecule has 0 saturated heterocycles. The van der Waals surface area contributed by atoms with Crippen molar-refractivity contribution in [2.75, 3.05) is 0 Å². The van der Waals surface area contributed by atoms with Crippen molar-refractivity contribution in [3.8, 4) is 6.07 Å². The molecular formula is C45H27N5. The predicted molar refractivity (Wildman–Crippen MR) is 205 cm³/mol. The molecule has 0 saturated carbocycles. The maximum atomic E-state index is 9.83. The smallest absolute Gasteiger partial charge is 0.134 e. The van der Waals surface area contributed by atoms with E-state index in [2.05, 4.69) is 118 Å². The van der Waals surface area contributed by atoms with Crippen molar-refractivity contribution >= 4 is 82.2 Å². The van der Waals surface area contributed by atoms with Crippen molar-refractivity contribution in [3.05, 3.63) is 162 Å². The molecule has 0 radical (unpaired) electrons. The van der Waals surface area contributed by atoms with Gasteiger partial charge in [-0.15, -0.1) is 0 Å². The van der Waals surface area contributed by atoms with E-state index in [1.165, 1.54) is 59.6 Å². The number of aryl methyl sites for hydroxylation is 1. The average Bonchev–Trinajstić information content (AvgIpc) is 3.78. The fourth-order valence-corrected chi connectivity index (χ4v) is 8.45. The fraction of sp³-hybridized carbons (Fsp3) is 0.0444. The third-order valence-corrected chi connectivity index (χ3v) is 10.5. The molecule has 0 unspecified atom stereocenters. The molecule has 0 fully saturated rings. The summed E-state index contributed by atoms with van der Waals surface area (Å²) in [5, 5.41) is 19.7. The van der Waals surface area contributed by atoms with Crippen molar-refractivity contribution in [2.45, 2.75) is 12.8 Å². The molecule has 0 spiro atoms. The van der Waals surface area contributed by atoms with Gasteiger partial charge in [-0.05, 0) is 84.3 Å². The summed E-state index contributed by atoms with van der Waals surface area (Å²) in [5.74, 6) is 0.869. The predicted octanol–water partition coefficient (Wildman–Crippen LogP) is 10.6. The van der Waals surface area contributed by atoms with Gasteiger partial charge in [0, 0.05) is 49.6 Å². The number of aromatic nitrogens is 3. The molecule has 5 nitrogen and oxygen atoms in total. The number of nitriles is 1. The number of hydrogen-bond donors (Lipinski definition) is 0. The summed E-state index contributed by atoms with van der Waals surface area (Å²) in [6.45, 7) is 0. The topological polar surface area (TPSA) is 58.4 Å². The van der Waals surface area contributed by atoms with E-state index >= 15 is 0 Å². The van der Waals surface area contributed by atoms with Crippen molar-refractivity contribution in [1.29, 1.82) is 5.26 Å². The van der Waals surface area contributed by atoms with Gasteiger partial charge < -0.3 is 4.40 Å². The second kappa shape index (κ2) is 10.1. The Balaban J connectivity index is 1.34. The summed E-state index contributed by atoms with van der Waals surface area (Å²) >= 11 is 0. The van der Waals surface area contributed by atoms with Crippen LogP contribution in [0.15, 0.2) is 145 Å².